The van der Waals surface area contributed by atoms with E-state index in [1.807, 2.05) is 41.1 Å². The van der Waals surface area contributed by atoms with Gasteiger partial charge in [0.15, 0.2) is 5.16 Å². The molecule has 0 radical (unpaired) electrons. The molecular formula is C20H17N3O2S3. The molecule has 0 aliphatic carbocycles. The molecule has 3 aromatic heterocycles. The van der Waals surface area contributed by atoms with E-state index >= 15 is 0 Å². The van der Waals surface area contributed by atoms with Crippen LogP contribution in [0.3, 0.4) is 0 Å². The van der Waals surface area contributed by atoms with Gasteiger partial charge in [0.1, 0.15) is 15.6 Å². The summed E-state index contributed by atoms with van der Waals surface area (Å²) in [5, 5.41) is 6.23. The van der Waals surface area contributed by atoms with Crippen molar-refractivity contribution in [3.63, 3.8) is 0 Å². The molecule has 4 aromatic rings. The highest BCUT2D eigenvalue weighted by Gasteiger charge is 2.13. The molecule has 0 saturated heterocycles. The molecule has 5 nitrogen and oxygen atoms in total. The van der Waals surface area contributed by atoms with Crippen LogP contribution in [0.5, 0.6) is 5.75 Å². The highest BCUT2D eigenvalue weighted by molar-refractivity contribution is 7.98. The zero-order valence-electron chi connectivity index (χ0n) is 15.1. The van der Waals surface area contributed by atoms with Crippen LogP contribution in [0.25, 0.3) is 20.8 Å². The predicted octanol–water partition coefficient (Wildman–Crippen LogP) is 5.07. The standard InChI is InChI=1S/C20H17N3O2S3/c1-3-8-23-19(24)16-7-9-26-18(16)22-20(23)28-12-14-11-27-17(21-14)13-5-4-6-15(10-13)25-2/h3-7,9-11H,1,8,12H2,2H3. The van der Waals surface area contributed by atoms with Crippen LogP contribution >= 0.6 is 34.4 Å². The van der Waals surface area contributed by atoms with Crippen molar-refractivity contribution in [2.45, 2.75) is 17.5 Å². The van der Waals surface area contributed by atoms with Gasteiger partial charge in [0.2, 0.25) is 0 Å². The Hall–Kier alpha value is -2.42. The SMILES string of the molecule is C=CCn1c(SCc2csc(-c3cccc(OC)c3)n2)nc2sccc2c1=O. The quantitative estimate of drug-likeness (QED) is 0.234. The number of allylic oxidation sites excluding steroid dienone is 1. The molecule has 8 heteroatoms. The summed E-state index contributed by atoms with van der Waals surface area (Å²) in [6.45, 7) is 4.20. The van der Waals surface area contributed by atoms with Gasteiger partial charge >= 0.3 is 0 Å². The Balaban J connectivity index is 1.58. The summed E-state index contributed by atoms with van der Waals surface area (Å²) in [4.78, 5) is 22.9. The fraction of sp³-hybridized carbons (Fsp3) is 0.150. The first kappa shape index (κ1) is 18.9. The Kier molecular flexibility index (Phi) is 5.61. The summed E-state index contributed by atoms with van der Waals surface area (Å²) < 4.78 is 6.96. The van der Waals surface area contributed by atoms with E-state index in [1.54, 1.807) is 29.1 Å². The van der Waals surface area contributed by atoms with Crippen LogP contribution in [0.1, 0.15) is 5.69 Å². The molecule has 0 spiro atoms. The van der Waals surface area contributed by atoms with Crippen LogP contribution in [0.2, 0.25) is 0 Å². The van der Waals surface area contributed by atoms with Crippen molar-refractivity contribution in [1.29, 1.82) is 0 Å². The van der Waals surface area contributed by atoms with Crippen molar-refractivity contribution in [2.75, 3.05) is 7.11 Å². The van der Waals surface area contributed by atoms with E-state index < -0.39 is 0 Å². The number of ether oxygens (including phenoxy) is 1. The molecule has 28 heavy (non-hydrogen) atoms. The topological polar surface area (TPSA) is 57.0 Å². The third-order valence-electron chi connectivity index (χ3n) is 4.08. The van der Waals surface area contributed by atoms with E-state index in [1.165, 1.54) is 23.1 Å². The first-order chi connectivity index (χ1) is 13.7. The Labute approximate surface area is 174 Å². The molecule has 0 aliphatic rings. The molecular weight excluding hydrogens is 410 g/mol. The number of rotatable bonds is 7. The average molecular weight is 428 g/mol. The maximum atomic E-state index is 12.7. The van der Waals surface area contributed by atoms with Gasteiger partial charge in [0, 0.05) is 23.2 Å². The van der Waals surface area contributed by atoms with Gasteiger partial charge in [-0.05, 0) is 23.6 Å². The van der Waals surface area contributed by atoms with Gasteiger partial charge in [-0.25, -0.2) is 9.97 Å². The molecule has 1 aromatic carbocycles. The lowest BCUT2D eigenvalue weighted by molar-refractivity contribution is 0.415. The Morgan fingerprint density at radius 3 is 3.00 bits per heavy atom. The number of thioether (sulfide) groups is 1. The van der Waals surface area contributed by atoms with Crippen molar-refractivity contribution in [1.82, 2.24) is 14.5 Å². The second kappa shape index (κ2) is 8.30. The van der Waals surface area contributed by atoms with Crippen LogP contribution in [0.4, 0.5) is 0 Å². The van der Waals surface area contributed by atoms with Crippen LogP contribution in [-0.4, -0.2) is 21.6 Å². The average Bonchev–Trinajstić information content (AvgIpc) is 3.38. The predicted molar refractivity (Wildman–Crippen MR) is 118 cm³/mol. The lowest BCUT2D eigenvalue weighted by Crippen LogP contribution is -2.22. The molecule has 0 bridgehead atoms. The van der Waals surface area contributed by atoms with E-state index in [0.717, 1.165) is 26.8 Å². The lowest BCUT2D eigenvalue weighted by Gasteiger charge is -2.09. The number of fused-ring (bicyclic) bond motifs is 1. The Morgan fingerprint density at radius 1 is 1.29 bits per heavy atom. The van der Waals surface area contributed by atoms with E-state index in [-0.39, 0.29) is 5.56 Å². The monoisotopic (exact) mass is 427 g/mol. The molecule has 0 unspecified atom stereocenters. The third-order valence-corrected chi connectivity index (χ3v) is 6.83. The second-order valence-corrected chi connectivity index (χ2v) is 8.60. The molecule has 0 aliphatic heterocycles. The molecule has 142 valence electrons. The van der Waals surface area contributed by atoms with Crippen LogP contribution in [-0.2, 0) is 12.3 Å². The number of methoxy groups -OCH3 is 1. The molecule has 0 fully saturated rings. The normalized spacial score (nSPS) is 11.0. The van der Waals surface area contributed by atoms with E-state index in [9.17, 15) is 4.79 Å². The summed E-state index contributed by atoms with van der Waals surface area (Å²) in [6, 6.07) is 9.69. The summed E-state index contributed by atoms with van der Waals surface area (Å²) in [7, 11) is 1.66. The summed E-state index contributed by atoms with van der Waals surface area (Å²) >= 11 is 4.59. The minimum Gasteiger partial charge on any atom is -0.497 e. The number of hydrogen-bond acceptors (Lipinski definition) is 7. The number of thiazole rings is 1. The second-order valence-electron chi connectivity index (χ2n) is 5.90. The van der Waals surface area contributed by atoms with Gasteiger partial charge in [-0.2, -0.15) is 0 Å². The fourth-order valence-corrected chi connectivity index (χ4v) is 5.36. The van der Waals surface area contributed by atoms with Gasteiger partial charge < -0.3 is 4.74 Å². The van der Waals surface area contributed by atoms with Crippen LogP contribution < -0.4 is 10.3 Å². The number of benzene rings is 1. The number of hydrogen-bond donors (Lipinski definition) is 0. The van der Waals surface area contributed by atoms with Crippen LogP contribution in [0.15, 0.2) is 63.7 Å². The largest absolute Gasteiger partial charge is 0.497 e. The summed E-state index contributed by atoms with van der Waals surface area (Å²) in [5.41, 5.74) is 1.96. The van der Waals surface area contributed by atoms with Gasteiger partial charge in [-0.3, -0.25) is 9.36 Å². The van der Waals surface area contributed by atoms with Gasteiger partial charge in [-0.1, -0.05) is 30.0 Å². The maximum Gasteiger partial charge on any atom is 0.263 e. The molecule has 0 atom stereocenters. The highest BCUT2D eigenvalue weighted by Crippen LogP contribution is 2.29. The Bertz CT molecular complexity index is 1190. The zero-order valence-corrected chi connectivity index (χ0v) is 17.6. The van der Waals surface area contributed by atoms with Crippen molar-refractivity contribution in [2.24, 2.45) is 0 Å². The first-order valence-corrected chi connectivity index (χ1v) is 11.2. The number of aromatic nitrogens is 3. The van der Waals surface area contributed by atoms with Crippen molar-refractivity contribution < 1.29 is 4.74 Å². The summed E-state index contributed by atoms with van der Waals surface area (Å²) in [5.74, 6) is 1.45. The smallest absolute Gasteiger partial charge is 0.263 e. The number of thiophene rings is 1. The maximum absolute atomic E-state index is 12.7. The summed E-state index contributed by atoms with van der Waals surface area (Å²) in [6.07, 6.45) is 1.72. The van der Waals surface area contributed by atoms with Gasteiger partial charge in [0.05, 0.1) is 18.2 Å². The van der Waals surface area contributed by atoms with E-state index in [2.05, 4.69) is 11.6 Å². The van der Waals surface area contributed by atoms with E-state index in [0.29, 0.717) is 22.8 Å². The van der Waals surface area contributed by atoms with Gasteiger partial charge in [-0.15, -0.1) is 29.3 Å². The fourth-order valence-electron chi connectivity index (χ4n) is 2.73. The third kappa shape index (κ3) is 3.76. The van der Waals surface area contributed by atoms with Crippen molar-refractivity contribution >= 4 is 44.7 Å². The lowest BCUT2D eigenvalue weighted by atomic mass is 10.2. The molecule has 3 heterocycles. The molecule has 0 N–H and O–H groups in total. The molecule has 4 rings (SSSR count). The van der Waals surface area contributed by atoms with Gasteiger partial charge in [0.25, 0.3) is 5.56 Å². The molecule has 0 saturated carbocycles. The zero-order chi connectivity index (χ0) is 19.5. The van der Waals surface area contributed by atoms with Crippen molar-refractivity contribution in [3.8, 4) is 16.3 Å². The Morgan fingerprint density at radius 2 is 2.18 bits per heavy atom. The first-order valence-electron chi connectivity index (χ1n) is 8.50. The van der Waals surface area contributed by atoms with Crippen LogP contribution in [0, 0.1) is 0 Å². The minimum absolute atomic E-state index is 0.0241. The highest BCUT2D eigenvalue weighted by atomic mass is 32.2. The molecule has 0 amide bonds. The van der Waals surface area contributed by atoms with Crippen molar-refractivity contribution in [3.05, 3.63) is 69.8 Å². The number of nitrogens with zero attached hydrogens (tertiary/aromatic N) is 3. The minimum atomic E-state index is -0.0241. The van der Waals surface area contributed by atoms with E-state index in [4.69, 9.17) is 9.72 Å².